The van der Waals surface area contributed by atoms with E-state index in [2.05, 4.69) is 33.6 Å². The summed E-state index contributed by atoms with van der Waals surface area (Å²) in [5, 5.41) is 14.0. The third-order valence-corrected chi connectivity index (χ3v) is 7.96. The van der Waals surface area contributed by atoms with Crippen LogP contribution in [-0.2, 0) is 10.0 Å². The van der Waals surface area contributed by atoms with Gasteiger partial charge in [0.05, 0.1) is 23.1 Å². The Kier molecular flexibility index (Phi) is 5.26. The Morgan fingerprint density at radius 3 is 2.06 bits per heavy atom. The topological polar surface area (TPSA) is 71.3 Å². The molecule has 3 atom stereocenters. The van der Waals surface area contributed by atoms with Gasteiger partial charge in [-0.3, -0.25) is 0 Å². The molecule has 0 aliphatic heterocycles. The van der Waals surface area contributed by atoms with Crippen LogP contribution in [0.5, 0.6) is 0 Å². The molecule has 160 valence electrons. The first-order valence-electron chi connectivity index (χ1n) is 10.4. The van der Waals surface area contributed by atoms with Crippen LogP contribution in [0.3, 0.4) is 0 Å². The normalized spacial score (nSPS) is 22.2. The minimum atomic E-state index is -3.76. The second-order valence-corrected chi connectivity index (χ2v) is 10.2. The zero-order chi connectivity index (χ0) is 21.6. The van der Waals surface area contributed by atoms with Crippen molar-refractivity contribution in [3.05, 3.63) is 77.8 Å². The molecule has 0 bridgehead atoms. The Morgan fingerprint density at radius 1 is 0.871 bits per heavy atom. The maximum atomic E-state index is 12.9. The lowest BCUT2D eigenvalue weighted by Crippen LogP contribution is -2.49. The van der Waals surface area contributed by atoms with Crippen molar-refractivity contribution in [1.29, 1.82) is 0 Å². The number of nitrogens with zero attached hydrogens (tertiary/aromatic N) is 1. The zero-order valence-electron chi connectivity index (χ0n) is 16.8. The highest BCUT2D eigenvalue weighted by Gasteiger charge is 2.36. The van der Waals surface area contributed by atoms with E-state index in [1.807, 2.05) is 24.3 Å². The summed E-state index contributed by atoms with van der Waals surface area (Å²) in [4.78, 5) is 0.142. The highest BCUT2D eigenvalue weighted by atomic mass is 35.5. The second-order valence-electron chi connectivity index (χ2n) is 8.07. The van der Waals surface area contributed by atoms with Gasteiger partial charge in [0.2, 0.25) is 10.0 Å². The van der Waals surface area contributed by atoms with Crippen molar-refractivity contribution in [3.63, 3.8) is 0 Å². The summed E-state index contributed by atoms with van der Waals surface area (Å²) in [7, 11) is -3.76. The number of aromatic nitrogens is 1. The van der Waals surface area contributed by atoms with E-state index >= 15 is 0 Å². The van der Waals surface area contributed by atoms with Crippen LogP contribution in [0, 0.1) is 0 Å². The first-order chi connectivity index (χ1) is 15.0. The third-order valence-electron chi connectivity index (χ3n) is 6.20. The predicted molar refractivity (Wildman–Crippen MR) is 124 cm³/mol. The van der Waals surface area contributed by atoms with Crippen molar-refractivity contribution in [1.82, 2.24) is 9.29 Å². The molecule has 3 aromatic carbocycles. The Morgan fingerprint density at radius 2 is 1.45 bits per heavy atom. The minimum absolute atomic E-state index is 0.142. The van der Waals surface area contributed by atoms with Gasteiger partial charge >= 0.3 is 0 Å². The number of aliphatic hydroxyl groups is 1. The number of benzene rings is 3. The molecule has 5 nitrogen and oxygen atoms in total. The van der Waals surface area contributed by atoms with Crippen LogP contribution in [0.25, 0.3) is 21.8 Å². The lowest BCUT2D eigenvalue weighted by atomic mass is 9.88. The highest BCUT2D eigenvalue weighted by Crippen LogP contribution is 2.38. The lowest BCUT2D eigenvalue weighted by molar-refractivity contribution is 0.0547. The number of sulfonamides is 1. The standard InChI is InChI=1S/C24H23ClN2O3S/c25-16-12-14-17(15-13-16)31(29,30)26-20-8-5-11-23(24(20)28)27-21-9-3-1-6-18(21)19-7-2-4-10-22(19)27/h1-4,6-7,9-10,12-15,20,23-24,26,28H,5,8,11H2/t20?,23?,24-/m0/s1. The van der Waals surface area contributed by atoms with E-state index in [0.29, 0.717) is 11.4 Å². The van der Waals surface area contributed by atoms with Gasteiger partial charge in [0.1, 0.15) is 0 Å². The smallest absolute Gasteiger partial charge is 0.240 e. The van der Waals surface area contributed by atoms with E-state index < -0.39 is 22.2 Å². The average Bonchev–Trinajstić information content (AvgIpc) is 3.10. The van der Waals surface area contributed by atoms with E-state index in [0.717, 1.165) is 34.6 Å². The van der Waals surface area contributed by atoms with Crippen LogP contribution >= 0.6 is 11.6 Å². The van der Waals surface area contributed by atoms with Gasteiger partial charge < -0.3 is 9.67 Å². The molecule has 31 heavy (non-hydrogen) atoms. The first kappa shape index (κ1) is 20.5. The van der Waals surface area contributed by atoms with Crippen LogP contribution in [0.2, 0.25) is 5.02 Å². The number of para-hydroxylation sites is 2. The van der Waals surface area contributed by atoms with E-state index in [9.17, 15) is 13.5 Å². The number of nitrogens with one attached hydrogen (secondary N) is 1. The van der Waals surface area contributed by atoms with E-state index in [1.54, 1.807) is 12.1 Å². The van der Waals surface area contributed by atoms with Crippen molar-refractivity contribution in [3.8, 4) is 0 Å². The molecule has 0 amide bonds. The monoisotopic (exact) mass is 454 g/mol. The molecule has 7 heteroatoms. The van der Waals surface area contributed by atoms with Gasteiger partial charge in [-0.1, -0.05) is 48.0 Å². The number of hydrogen-bond acceptors (Lipinski definition) is 3. The number of fused-ring (bicyclic) bond motifs is 3. The zero-order valence-corrected chi connectivity index (χ0v) is 18.4. The molecular formula is C24H23ClN2O3S. The summed E-state index contributed by atoms with van der Waals surface area (Å²) in [6.07, 6.45) is 1.33. The van der Waals surface area contributed by atoms with Gasteiger partial charge in [0.25, 0.3) is 0 Å². The number of hydrogen-bond donors (Lipinski definition) is 2. The Hall–Kier alpha value is -2.38. The van der Waals surface area contributed by atoms with Gasteiger partial charge in [0.15, 0.2) is 0 Å². The van der Waals surface area contributed by atoms with Gasteiger partial charge in [0, 0.05) is 26.8 Å². The van der Waals surface area contributed by atoms with Gasteiger partial charge in [-0.15, -0.1) is 0 Å². The Balaban J connectivity index is 1.51. The summed E-state index contributed by atoms with van der Waals surface area (Å²) in [5.41, 5.74) is 2.10. The summed E-state index contributed by atoms with van der Waals surface area (Å²) in [5.74, 6) is 0. The van der Waals surface area contributed by atoms with Crippen LogP contribution in [0.4, 0.5) is 0 Å². The van der Waals surface area contributed by atoms with Gasteiger partial charge in [-0.25, -0.2) is 13.1 Å². The number of halogens is 1. The van der Waals surface area contributed by atoms with Gasteiger partial charge in [-0.2, -0.15) is 0 Å². The molecule has 1 aliphatic rings. The maximum Gasteiger partial charge on any atom is 0.240 e. The maximum absolute atomic E-state index is 12.9. The van der Waals surface area contributed by atoms with E-state index in [1.165, 1.54) is 12.1 Å². The Bertz CT molecular complexity index is 1300. The second kappa shape index (κ2) is 7.95. The Labute approximate surface area is 186 Å². The molecule has 2 N–H and O–H groups in total. The van der Waals surface area contributed by atoms with Crippen molar-refractivity contribution in [2.24, 2.45) is 0 Å². The molecule has 0 radical (unpaired) electrons. The van der Waals surface area contributed by atoms with Crippen LogP contribution < -0.4 is 4.72 Å². The predicted octanol–water partition coefficient (Wildman–Crippen LogP) is 4.88. The molecular weight excluding hydrogens is 432 g/mol. The minimum Gasteiger partial charge on any atom is -0.389 e. The fraction of sp³-hybridized carbons (Fsp3) is 0.250. The summed E-state index contributed by atoms with van der Waals surface area (Å²) in [6, 6.07) is 21.6. The van der Waals surface area contributed by atoms with Crippen molar-refractivity contribution in [2.45, 2.75) is 42.3 Å². The van der Waals surface area contributed by atoms with Gasteiger partial charge in [-0.05, 0) is 55.7 Å². The average molecular weight is 455 g/mol. The third kappa shape index (κ3) is 3.64. The summed E-state index contributed by atoms with van der Waals surface area (Å²) in [6.45, 7) is 0. The summed E-state index contributed by atoms with van der Waals surface area (Å²) >= 11 is 5.89. The molecule has 0 saturated heterocycles. The number of aliphatic hydroxyl groups excluding tert-OH is 1. The SMILES string of the molecule is O=S(=O)(NC1CCCC(n2c3ccccc3c3ccccc32)[C@H]1O)c1ccc(Cl)cc1. The van der Waals surface area contributed by atoms with Crippen LogP contribution in [0.1, 0.15) is 25.3 Å². The molecule has 0 spiro atoms. The molecule has 2 unspecified atom stereocenters. The van der Waals surface area contributed by atoms with Crippen molar-refractivity contribution >= 4 is 43.4 Å². The molecule has 4 aromatic rings. The van der Waals surface area contributed by atoms with Crippen LogP contribution in [-0.4, -0.2) is 30.2 Å². The molecule has 5 rings (SSSR count). The largest absolute Gasteiger partial charge is 0.389 e. The number of rotatable bonds is 4. The fourth-order valence-electron chi connectivity index (χ4n) is 4.76. The molecule has 1 saturated carbocycles. The van der Waals surface area contributed by atoms with E-state index in [-0.39, 0.29) is 10.9 Å². The van der Waals surface area contributed by atoms with E-state index in [4.69, 9.17) is 11.6 Å². The van der Waals surface area contributed by atoms with Crippen molar-refractivity contribution in [2.75, 3.05) is 0 Å². The molecule has 1 heterocycles. The lowest BCUT2D eigenvalue weighted by Gasteiger charge is -2.36. The van der Waals surface area contributed by atoms with Crippen molar-refractivity contribution < 1.29 is 13.5 Å². The van der Waals surface area contributed by atoms with Crippen LogP contribution in [0.15, 0.2) is 77.7 Å². The quantitative estimate of drug-likeness (QED) is 0.461. The molecule has 1 aliphatic carbocycles. The fourth-order valence-corrected chi connectivity index (χ4v) is 6.17. The summed E-state index contributed by atoms with van der Waals surface area (Å²) < 4.78 is 30.7. The highest BCUT2D eigenvalue weighted by molar-refractivity contribution is 7.89. The first-order valence-corrected chi connectivity index (χ1v) is 12.3. The molecule has 1 aromatic heterocycles. The molecule has 1 fully saturated rings.